The van der Waals surface area contributed by atoms with Crippen molar-refractivity contribution in [3.8, 4) is 22.2 Å². The molecular formula is C23H23N3O4S. The van der Waals surface area contributed by atoms with E-state index < -0.39 is 5.91 Å². The van der Waals surface area contributed by atoms with Gasteiger partial charge in [0.05, 0.1) is 25.3 Å². The van der Waals surface area contributed by atoms with Gasteiger partial charge in [-0.15, -0.1) is 11.3 Å². The van der Waals surface area contributed by atoms with Crippen LogP contribution in [0.15, 0.2) is 48.8 Å². The number of aromatic nitrogens is 2. The fourth-order valence-electron chi connectivity index (χ4n) is 3.55. The number of primary amides is 1. The number of methoxy groups -OCH3 is 2. The fourth-order valence-corrected chi connectivity index (χ4v) is 4.48. The zero-order valence-corrected chi connectivity index (χ0v) is 18.5. The molecule has 8 heteroatoms. The molecule has 1 unspecified atom stereocenters. The number of rotatable bonds is 7. The van der Waals surface area contributed by atoms with Crippen LogP contribution < -0.4 is 19.9 Å². The van der Waals surface area contributed by atoms with E-state index in [0.29, 0.717) is 22.1 Å². The van der Waals surface area contributed by atoms with Crippen LogP contribution in [0, 0.1) is 6.92 Å². The maximum absolute atomic E-state index is 12.1. The Morgan fingerprint density at radius 2 is 1.81 bits per heavy atom. The van der Waals surface area contributed by atoms with Crippen molar-refractivity contribution in [3.63, 3.8) is 0 Å². The van der Waals surface area contributed by atoms with Crippen LogP contribution in [0.4, 0.5) is 0 Å². The summed E-state index contributed by atoms with van der Waals surface area (Å²) in [4.78, 5) is 16.9. The molecule has 2 N–H and O–H groups in total. The highest BCUT2D eigenvalue weighted by Gasteiger charge is 2.21. The van der Waals surface area contributed by atoms with Gasteiger partial charge in [0, 0.05) is 18.2 Å². The number of nitrogens with two attached hydrogens (primary N) is 1. The van der Waals surface area contributed by atoms with Crippen LogP contribution >= 0.6 is 11.3 Å². The van der Waals surface area contributed by atoms with Crippen molar-refractivity contribution in [2.45, 2.75) is 20.0 Å². The van der Waals surface area contributed by atoms with Gasteiger partial charge in [-0.25, -0.2) is 4.98 Å². The maximum Gasteiger partial charge on any atom is 0.262 e. The van der Waals surface area contributed by atoms with E-state index in [1.807, 2.05) is 60.9 Å². The van der Waals surface area contributed by atoms with Crippen molar-refractivity contribution >= 4 is 28.3 Å². The van der Waals surface area contributed by atoms with E-state index in [0.717, 1.165) is 27.2 Å². The smallest absolute Gasteiger partial charge is 0.262 e. The van der Waals surface area contributed by atoms with Gasteiger partial charge in [-0.3, -0.25) is 9.36 Å². The van der Waals surface area contributed by atoms with E-state index in [-0.39, 0.29) is 6.10 Å². The number of imidazole rings is 1. The van der Waals surface area contributed by atoms with E-state index in [1.54, 1.807) is 20.5 Å². The molecule has 31 heavy (non-hydrogen) atoms. The van der Waals surface area contributed by atoms with E-state index in [2.05, 4.69) is 4.98 Å². The molecule has 160 valence electrons. The largest absolute Gasteiger partial charge is 0.493 e. The Bertz CT molecular complexity index is 1260. The van der Waals surface area contributed by atoms with Crippen LogP contribution in [0.1, 0.15) is 33.8 Å². The summed E-state index contributed by atoms with van der Waals surface area (Å²) >= 11 is 1.26. The summed E-state index contributed by atoms with van der Waals surface area (Å²) in [6, 6.07) is 13.5. The molecule has 0 radical (unpaired) electrons. The van der Waals surface area contributed by atoms with E-state index >= 15 is 0 Å². The number of thiophene rings is 1. The number of benzene rings is 2. The minimum absolute atomic E-state index is 0.245. The van der Waals surface area contributed by atoms with Crippen LogP contribution in [-0.4, -0.2) is 29.7 Å². The van der Waals surface area contributed by atoms with Gasteiger partial charge in [0.2, 0.25) is 0 Å². The SMILES string of the molecule is COc1cc2ncn(-c3cc(OC(C)c4ccccc4C)c(C(N)=O)s3)c2cc1OC. The van der Waals surface area contributed by atoms with Crippen molar-refractivity contribution < 1.29 is 19.0 Å². The molecule has 2 aromatic carbocycles. The summed E-state index contributed by atoms with van der Waals surface area (Å²) < 4.78 is 18.8. The molecule has 1 amide bonds. The lowest BCUT2D eigenvalue weighted by molar-refractivity contribution is 0.0998. The lowest BCUT2D eigenvalue weighted by Crippen LogP contribution is -2.12. The van der Waals surface area contributed by atoms with Crippen LogP contribution in [0.25, 0.3) is 16.0 Å². The minimum Gasteiger partial charge on any atom is -0.493 e. The topological polar surface area (TPSA) is 88.6 Å². The van der Waals surface area contributed by atoms with Crippen molar-refractivity contribution in [3.05, 3.63) is 64.8 Å². The van der Waals surface area contributed by atoms with Gasteiger partial charge >= 0.3 is 0 Å². The summed E-state index contributed by atoms with van der Waals surface area (Å²) in [6.45, 7) is 3.98. The van der Waals surface area contributed by atoms with Crippen LogP contribution in [-0.2, 0) is 0 Å². The Morgan fingerprint density at radius 1 is 1.10 bits per heavy atom. The third-order valence-electron chi connectivity index (χ3n) is 5.13. The quantitative estimate of drug-likeness (QED) is 0.455. The van der Waals surface area contributed by atoms with Gasteiger partial charge in [-0.05, 0) is 25.0 Å². The first-order valence-corrected chi connectivity index (χ1v) is 10.5. The third kappa shape index (κ3) is 3.82. The average molecular weight is 438 g/mol. The Labute approximate surface area is 184 Å². The molecule has 7 nitrogen and oxygen atoms in total. The highest BCUT2D eigenvalue weighted by atomic mass is 32.1. The summed E-state index contributed by atoms with van der Waals surface area (Å²) in [5, 5.41) is 0.760. The predicted octanol–water partition coefficient (Wildman–Crippen LogP) is 4.65. The van der Waals surface area contributed by atoms with Gasteiger partial charge in [-0.1, -0.05) is 24.3 Å². The Balaban J connectivity index is 1.76. The maximum atomic E-state index is 12.1. The second-order valence-electron chi connectivity index (χ2n) is 7.07. The summed E-state index contributed by atoms with van der Waals surface area (Å²) in [7, 11) is 3.16. The monoisotopic (exact) mass is 437 g/mol. The van der Waals surface area contributed by atoms with Gasteiger partial charge in [0.25, 0.3) is 5.91 Å². The molecular weight excluding hydrogens is 414 g/mol. The third-order valence-corrected chi connectivity index (χ3v) is 6.26. The van der Waals surface area contributed by atoms with Crippen LogP contribution in [0.2, 0.25) is 0 Å². The van der Waals surface area contributed by atoms with Crippen molar-refractivity contribution in [1.29, 1.82) is 0 Å². The second kappa shape index (κ2) is 8.31. The predicted molar refractivity (Wildman–Crippen MR) is 121 cm³/mol. The molecule has 0 bridgehead atoms. The summed E-state index contributed by atoms with van der Waals surface area (Å²) in [6.07, 6.45) is 1.44. The summed E-state index contributed by atoms with van der Waals surface area (Å²) in [5.74, 6) is 1.10. The number of fused-ring (bicyclic) bond motifs is 1. The van der Waals surface area contributed by atoms with Crippen molar-refractivity contribution in [1.82, 2.24) is 9.55 Å². The number of carbonyl (C=O) groups is 1. The minimum atomic E-state index is -0.535. The zero-order chi connectivity index (χ0) is 22.1. The first-order chi connectivity index (χ1) is 14.9. The molecule has 0 aliphatic heterocycles. The normalized spacial score (nSPS) is 12.0. The number of hydrogen-bond donors (Lipinski definition) is 1. The van der Waals surface area contributed by atoms with Gasteiger partial charge in [0.1, 0.15) is 28.1 Å². The van der Waals surface area contributed by atoms with Crippen molar-refractivity contribution in [2.24, 2.45) is 5.73 Å². The molecule has 2 heterocycles. The van der Waals surface area contributed by atoms with Gasteiger partial charge in [-0.2, -0.15) is 0 Å². The molecule has 1 atom stereocenters. The molecule has 0 saturated carbocycles. The number of nitrogens with zero attached hydrogens (tertiary/aromatic N) is 2. The molecule has 0 spiro atoms. The highest BCUT2D eigenvalue weighted by Crippen LogP contribution is 2.38. The van der Waals surface area contributed by atoms with Gasteiger partial charge < -0.3 is 19.9 Å². The first-order valence-electron chi connectivity index (χ1n) is 9.68. The molecule has 0 aliphatic rings. The van der Waals surface area contributed by atoms with E-state index in [1.165, 1.54) is 11.3 Å². The lowest BCUT2D eigenvalue weighted by Gasteiger charge is -2.16. The zero-order valence-electron chi connectivity index (χ0n) is 17.7. The molecule has 2 aromatic heterocycles. The van der Waals surface area contributed by atoms with Crippen LogP contribution in [0.5, 0.6) is 17.2 Å². The molecule has 0 saturated heterocycles. The van der Waals surface area contributed by atoms with Crippen molar-refractivity contribution in [2.75, 3.05) is 14.2 Å². The molecule has 0 aliphatic carbocycles. The number of ether oxygens (including phenoxy) is 3. The number of carbonyl (C=O) groups excluding carboxylic acids is 1. The van der Waals surface area contributed by atoms with E-state index in [9.17, 15) is 4.79 Å². The van der Waals surface area contributed by atoms with E-state index in [4.69, 9.17) is 19.9 Å². The fraction of sp³-hybridized carbons (Fsp3) is 0.217. The molecule has 0 fully saturated rings. The van der Waals surface area contributed by atoms with Crippen LogP contribution in [0.3, 0.4) is 0 Å². The number of hydrogen-bond acceptors (Lipinski definition) is 6. The Hall–Kier alpha value is -3.52. The Morgan fingerprint density at radius 3 is 2.48 bits per heavy atom. The highest BCUT2D eigenvalue weighted by molar-refractivity contribution is 7.16. The number of amides is 1. The lowest BCUT2D eigenvalue weighted by atomic mass is 10.0. The second-order valence-corrected chi connectivity index (χ2v) is 8.10. The Kier molecular flexibility index (Phi) is 5.56. The molecule has 4 rings (SSSR count). The number of aryl methyl sites for hydroxylation is 1. The van der Waals surface area contributed by atoms with Gasteiger partial charge in [0.15, 0.2) is 11.5 Å². The first kappa shape index (κ1) is 20.7. The standard InChI is InChI=1S/C23H23N3O4S/c1-13-7-5-6-8-15(13)14(2)30-20-11-21(31-22(20)23(24)27)26-12-25-16-9-18(28-3)19(29-4)10-17(16)26/h5-12,14H,1-4H3,(H2,24,27). The average Bonchev–Trinajstić information content (AvgIpc) is 3.36. The molecule has 4 aromatic rings. The summed E-state index contributed by atoms with van der Waals surface area (Å²) in [5.41, 5.74) is 9.37.